The summed E-state index contributed by atoms with van der Waals surface area (Å²) in [7, 11) is 0. The van der Waals surface area contributed by atoms with Gasteiger partial charge in [-0.05, 0) is 54.8 Å². The molecule has 4 bridgehead atoms. The Labute approximate surface area is 89.4 Å². The van der Waals surface area contributed by atoms with Gasteiger partial charge in [-0.15, -0.1) is 0 Å². The van der Waals surface area contributed by atoms with Crippen LogP contribution in [0.5, 0.6) is 0 Å². The van der Waals surface area contributed by atoms with Crippen LogP contribution in [-0.4, -0.2) is 11.1 Å². The van der Waals surface area contributed by atoms with E-state index in [1.807, 2.05) is 0 Å². The second kappa shape index (κ2) is 2.47. The summed E-state index contributed by atoms with van der Waals surface area (Å²) < 4.78 is 0. The van der Waals surface area contributed by atoms with Gasteiger partial charge in [-0.3, -0.25) is 4.79 Å². The summed E-state index contributed by atoms with van der Waals surface area (Å²) in [5.74, 6) is 3.84. The molecule has 15 heavy (non-hydrogen) atoms. The fourth-order valence-corrected chi connectivity index (χ4v) is 5.30. The lowest BCUT2D eigenvalue weighted by molar-refractivity contribution is -0.144. The minimum absolute atomic E-state index is 0.0102. The van der Waals surface area contributed by atoms with Crippen LogP contribution in [0.15, 0.2) is 12.2 Å². The molecule has 3 fully saturated rings. The molecular weight excluding hydrogens is 188 g/mol. The smallest absolute Gasteiger partial charge is 0.306 e. The summed E-state index contributed by atoms with van der Waals surface area (Å²) in [6, 6.07) is 0. The molecule has 2 nitrogen and oxygen atoms in total. The molecule has 0 amide bonds. The van der Waals surface area contributed by atoms with Gasteiger partial charge in [0.25, 0.3) is 0 Å². The van der Waals surface area contributed by atoms with Gasteiger partial charge in [0, 0.05) is 0 Å². The summed E-state index contributed by atoms with van der Waals surface area (Å²) in [6.45, 7) is 0. The number of allylic oxidation sites excluding steroid dienone is 2. The summed E-state index contributed by atoms with van der Waals surface area (Å²) in [5, 5.41) is 9.21. The zero-order chi connectivity index (χ0) is 10.2. The third kappa shape index (κ3) is 0.849. The van der Waals surface area contributed by atoms with Crippen molar-refractivity contribution >= 4 is 5.97 Å². The highest BCUT2D eigenvalue weighted by Crippen LogP contribution is 2.66. The van der Waals surface area contributed by atoms with Crippen LogP contribution in [0.3, 0.4) is 0 Å². The molecule has 2 heteroatoms. The van der Waals surface area contributed by atoms with E-state index < -0.39 is 5.97 Å². The maximum absolute atomic E-state index is 11.2. The van der Waals surface area contributed by atoms with E-state index in [9.17, 15) is 9.90 Å². The lowest BCUT2D eigenvalue weighted by Crippen LogP contribution is -2.34. The molecule has 3 saturated carbocycles. The Hall–Kier alpha value is -0.790. The van der Waals surface area contributed by atoms with Gasteiger partial charge in [-0.25, -0.2) is 0 Å². The summed E-state index contributed by atoms with van der Waals surface area (Å²) in [4.78, 5) is 11.2. The second-order valence-electron chi connectivity index (χ2n) is 5.94. The maximum Gasteiger partial charge on any atom is 0.306 e. The predicted octanol–water partition coefficient (Wildman–Crippen LogP) is 2.17. The van der Waals surface area contributed by atoms with E-state index in [2.05, 4.69) is 12.2 Å². The molecule has 0 aromatic rings. The second-order valence-corrected chi connectivity index (χ2v) is 5.94. The van der Waals surface area contributed by atoms with Crippen molar-refractivity contribution in [2.45, 2.75) is 19.3 Å². The van der Waals surface area contributed by atoms with Gasteiger partial charge in [-0.2, -0.15) is 0 Å². The molecule has 1 N–H and O–H groups in total. The molecule has 7 atom stereocenters. The minimum atomic E-state index is -0.535. The van der Waals surface area contributed by atoms with Crippen LogP contribution in [0.25, 0.3) is 0 Å². The lowest BCUT2D eigenvalue weighted by atomic mass is 9.69. The van der Waals surface area contributed by atoms with Crippen LogP contribution in [0.4, 0.5) is 0 Å². The molecular formula is C13H16O2. The zero-order valence-electron chi connectivity index (χ0n) is 8.67. The highest BCUT2D eigenvalue weighted by atomic mass is 16.4. The third-order valence-corrected chi connectivity index (χ3v) is 5.59. The van der Waals surface area contributed by atoms with E-state index in [0.717, 1.165) is 36.0 Å². The summed E-state index contributed by atoms with van der Waals surface area (Å²) in [6.07, 6.45) is 8.28. The number of carboxylic acid groups (broad SMARTS) is 1. The Morgan fingerprint density at radius 2 is 1.80 bits per heavy atom. The van der Waals surface area contributed by atoms with Crippen molar-refractivity contribution in [3.63, 3.8) is 0 Å². The first kappa shape index (κ1) is 8.37. The van der Waals surface area contributed by atoms with Gasteiger partial charge in [0.1, 0.15) is 0 Å². The van der Waals surface area contributed by atoms with Crippen molar-refractivity contribution in [2.75, 3.05) is 0 Å². The number of hydrogen-bond donors (Lipinski definition) is 1. The molecule has 0 heterocycles. The molecule has 0 aromatic heterocycles. The first-order valence-electron chi connectivity index (χ1n) is 6.17. The van der Waals surface area contributed by atoms with Gasteiger partial charge >= 0.3 is 5.97 Å². The fourth-order valence-electron chi connectivity index (χ4n) is 5.30. The van der Waals surface area contributed by atoms with Crippen molar-refractivity contribution in [1.82, 2.24) is 0 Å². The predicted molar refractivity (Wildman–Crippen MR) is 55.1 cm³/mol. The van der Waals surface area contributed by atoms with Crippen molar-refractivity contribution in [1.29, 1.82) is 0 Å². The highest BCUT2D eigenvalue weighted by Gasteiger charge is 2.62. The lowest BCUT2D eigenvalue weighted by Gasteiger charge is -2.34. The van der Waals surface area contributed by atoms with Crippen LogP contribution in [0.2, 0.25) is 0 Å². The Kier molecular flexibility index (Phi) is 1.38. The first-order valence-corrected chi connectivity index (χ1v) is 6.17. The van der Waals surface area contributed by atoms with Gasteiger partial charge in [0.15, 0.2) is 0 Å². The molecule has 4 aliphatic carbocycles. The van der Waals surface area contributed by atoms with Crippen molar-refractivity contribution in [3.05, 3.63) is 12.2 Å². The number of aliphatic carboxylic acids is 1. The number of fused-ring (bicyclic) bond motifs is 9. The van der Waals surface area contributed by atoms with E-state index in [0.29, 0.717) is 5.92 Å². The van der Waals surface area contributed by atoms with Gasteiger partial charge in [0.05, 0.1) is 5.92 Å². The quantitative estimate of drug-likeness (QED) is 0.525. The molecule has 0 spiro atoms. The molecule has 0 saturated heterocycles. The molecule has 3 unspecified atom stereocenters. The summed E-state index contributed by atoms with van der Waals surface area (Å²) in [5.41, 5.74) is 0. The van der Waals surface area contributed by atoms with Crippen molar-refractivity contribution in [3.8, 4) is 0 Å². The van der Waals surface area contributed by atoms with E-state index in [1.54, 1.807) is 0 Å². The minimum Gasteiger partial charge on any atom is -0.481 e. The SMILES string of the molecule is O=C(O)C1C[C@H]2C[C@@H]1C1C2[C@@H]2C=C[C@H]1C2. The van der Waals surface area contributed by atoms with Crippen LogP contribution < -0.4 is 0 Å². The molecule has 80 valence electrons. The average Bonchev–Trinajstić information content (AvgIpc) is 2.95. The van der Waals surface area contributed by atoms with Gasteiger partial charge < -0.3 is 5.11 Å². The molecule has 0 radical (unpaired) electrons. The van der Waals surface area contributed by atoms with Crippen molar-refractivity contribution < 1.29 is 9.90 Å². The normalized spacial score (nSPS) is 58.8. The molecule has 4 aliphatic rings. The number of carbonyl (C=O) groups is 1. The average molecular weight is 204 g/mol. The number of rotatable bonds is 1. The number of hydrogen-bond acceptors (Lipinski definition) is 1. The van der Waals surface area contributed by atoms with E-state index in [1.165, 1.54) is 12.8 Å². The van der Waals surface area contributed by atoms with E-state index in [4.69, 9.17) is 0 Å². The Morgan fingerprint density at radius 3 is 2.53 bits per heavy atom. The zero-order valence-corrected chi connectivity index (χ0v) is 8.67. The standard InChI is InChI=1S/C13H16O2/c14-13(15)10-5-8-4-9(10)12-7-2-1-6(3-7)11(8)12/h1-2,6-12H,3-5H2,(H,14,15)/t6-,7+,8-,9+,10?,11?,12?/m1/s1. The van der Waals surface area contributed by atoms with Crippen LogP contribution in [0, 0.1) is 41.4 Å². The van der Waals surface area contributed by atoms with Gasteiger partial charge in [0.2, 0.25) is 0 Å². The van der Waals surface area contributed by atoms with E-state index >= 15 is 0 Å². The maximum atomic E-state index is 11.2. The Balaban J connectivity index is 1.71. The van der Waals surface area contributed by atoms with Crippen LogP contribution in [0.1, 0.15) is 19.3 Å². The van der Waals surface area contributed by atoms with Gasteiger partial charge in [-0.1, -0.05) is 12.2 Å². The van der Waals surface area contributed by atoms with Crippen LogP contribution >= 0.6 is 0 Å². The molecule has 0 aromatic carbocycles. The highest BCUT2D eigenvalue weighted by molar-refractivity contribution is 5.71. The number of carboxylic acids is 1. The fraction of sp³-hybridized carbons (Fsp3) is 0.769. The third-order valence-electron chi connectivity index (χ3n) is 5.59. The largest absolute Gasteiger partial charge is 0.481 e. The molecule has 4 rings (SSSR count). The van der Waals surface area contributed by atoms with E-state index in [-0.39, 0.29) is 5.92 Å². The van der Waals surface area contributed by atoms with Crippen LogP contribution in [-0.2, 0) is 4.79 Å². The Morgan fingerprint density at radius 1 is 1.07 bits per heavy atom. The van der Waals surface area contributed by atoms with Crippen molar-refractivity contribution in [2.24, 2.45) is 41.4 Å². The Bertz CT molecular complexity index is 360. The monoisotopic (exact) mass is 204 g/mol. The summed E-state index contributed by atoms with van der Waals surface area (Å²) >= 11 is 0. The molecule has 0 aliphatic heterocycles. The first-order chi connectivity index (χ1) is 7.25. The topological polar surface area (TPSA) is 37.3 Å².